The van der Waals surface area contributed by atoms with Gasteiger partial charge in [-0.15, -0.1) is 0 Å². The van der Waals surface area contributed by atoms with Gasteiger partial charge in [-0.2, -0.15) is 0 Å². The first-order valence-corrected chi connectivity index (χ1v) is 4.69. The van der Waals surface area contributed by atoms with E-state index in [-0.39, 0.29) is 5.91 Å². The monoisotopic (exact) mass is 192 g/mol. The van der Waals surface area contributed by atoms with Gasteiger partial charge in [0.15, 0.2) is 0 Å². The van der Waals surface area contributed by atoms with Crippen LogP contribution in [0.5, 0.6) is 0 Å². The fourth-order valence-electron chi connectivity index (χ4n) is 1.15. The van der Waals surface area contributed by atoms with Gasteiger partial charge in [0.2, 0.25) is 5.91 Å². The highest BCUT2D eigenvalue weighted by atomic mass is 16.2. The van der Waals surface area contributed by atoms with E-state index in [0.29, 0.717) is 6.54 Å². The number of aryl methyl sites for hydroxylation is 1. The second-order valence-corrected chi connectivity index (χ2v) is 3.43. The van der Waals surface area contributed by atoms with Crippen LogP contribution in [0.2, 0.25) is 0 Å². The quantitative estimate of drug-likeness (QED) is 0.749. The highest BCUT2D eigenvalue weighted by molar-refractivity contribution is 5.80. The fourth-order valence-corrected chi connectivity index (χ4v) is 1.15. The second kappa shape index (κ2) is 4.77. The summed E-state index contributed by atoms with van der Waals surface area (Å²) in [4.78, 5) is 11.2. The average molecular weight is 192 g/mol. The number of nitrogens with two attached hydrogens (primary N) is 1. The number of hydrogen-bond acceptors (Lipinski definition) is 2. The number of rotatable bonds is 3. The molecule has 1 rings (SSSR count). The molecule has 1 amide bonds. The Hall–Kier alpha value is -1.35. The Labute approximate surface area is 84.3 Å². The molecule has 0 fully saturated rings. The van der Waals surface area contributed by atoms with E-state index < -0.39 is 6.04 Å². The summed E-state index contributed by atoms with van der Waals surface area (Å²) in [6, 6.07) is 7.51. The Bertz CT molecular complexity index is 321. The molecule has 0 aliphatic heterocycles. The molecule has 0 aromatic heterocycles. The van der Waals surface area contributed by atoms with E-state index in [1.165, 1.54) is 5.56 Å². The lowest BCUT2D eigenvalue weighted by Crippen LogP contribution is -2.37. The maximum absolute atomic E-state index is 11.2. The molecule has 0 unspecified atom stereocenters. The van der Waals surface area contributed by atoms with Crippen molar-refractivity contribution in [3.05, 3.63) is 35.4 Å². The summed E-state index contributed by atoms with van der Waals surface area (Å²) in [5.41, 5.74) is 7.73. The first-order valence-electron chi connectivity index (χ1n) is 4.69. The number of benzene rings is 1. The lowest BCUT2D eigenvalue weighted by Gasteiger charge is -2.09. The van der Waals surface area contributed by atoms with E-state index >= 15 is 0 Å². The molecule has 14 heavy (non-hydrogen) atoms. The summed E-state index contributed by atoms with van der Waals surface area (Å²) in [5.74, 6) is -0.117. The van der Waals surface area contributed by atoms with Crippen molar-refractivity contribution in [2.45, 2.75) is 26.4 Å². The Morgan fingerprint density at radius 3 is 2.71 bits per heavy atom. The molecule has 0 heterocycles. The number of hydrogen-bond donors (Lipinski definition) is 2. The van der Waals surface area contributed by atoms with E-state index in [9.17, 15) is 4.79 Å². The Kier molecular flexibility index (Phi) is 3.65. The van der Waals surface area contributed by atoms with Crippen LogP contribution < -0.4 is 11.1 Å². The number of nitrogens with one attached hydrogen (secondary N) is 1. The van der Waals surface area contributed by atoms with Crippen molar-refractivity contribution in [2.24, 2.45) is 5.73 Å². The van der Waals surface area contributed by atoms with E-state index in [1.54, 1.807) is 6.92 Å². The normalized spacial score (nSPS) is 12.2. The molecule has 0 aliphatic carbocycles. The topological polar surface area (TPSA) is 55.1 Å². The molecule has 3 heteroatoms. The summed E-state index contributed by atoms with van der Waals surface area (Å²) in [7, 11) is 0. The third kappa shape index (κ3) is 2.85. The van der Waals surface area contributed by atoms with Crippen molar-refractivity contribution in [3.8, 4) is 0 Å². The Morgan fingerprint density at radius 1 is 1.50 bits per heavy atom. The smallest absolute Gasteiger partial charge is 0.236 e. The largest absolute Gasteiger partial charge is 0.351 e. The molecule has 0 bridgehead atoms. The van der Waals surface area contributed by atoms with E-state index in [4.69, 9.17) is 5.73 Å². The van der Waals surface area contributed by atoms with Gasteiger partial charge in [-0.3, -0.25) is 4.79 Å². The zero-order valence-electron chi connectivity index (χ0n) is 8.58. The number of amides is 1. The van der Waals surface area contributed by atoms with Crippen LogP contribution in [0.3, 0.4) is 0 Å². The molecule has 1 atom stereocenters. The van der Waals surface area contributed by atoms with Crippen LogP contribution in [-0.2, 0) is 11.3 Å². The van der Waals surface area contributed by atoms with Gasteiger partial charge in [-0.1, -0.05) is 24.3 Å². The van der Waals surface area contributed by atoms with Crippen LogP contribution in [0.4, 0.5) is 0 Å². The van der Waals surface area contributed by atoms with Crippen molar-refractivity contribution >= 4 is 5.91 Å². The van der Waals surface area contributed by atoms with Crippen LogP contribution in [0.25, 0.3) is 0 Å². The third-order valence-electron chi connectivity index (χ3n) is 2.13. The van der Waals surface area contributed by atoms with Crippen LogP contribution in [0.1, 0.15) is 18.1 Å². The lowest BCUT2D eigenvalue weighted by molar-refractivity contribution is -0.122. The predicted octanol–water partition coefficient (Wildman–Crippen LogP) is 0.958. The van der Waals surface area contributed by atoms with Gasteiger partial charge in [0.25, 0.3) is 0 Å². The molecule has 0 radical (unpaired) electrons. The van der Waals surface area contributed by atoms with Crippen LogP contribution >= 0.6 is 0 Å². The standard InChI is InChI=1S/C11H16N2O/c1-8-5-3-4-6-10(8)7-13-11(14)9(2)12/h3-6,9H,7,12H2,1-2H3,(H,13,14)/t9-/m1/s1. The molecular formula is C11H16N2O. The minimum absolute atomic E-state index is 0.117. The average Bonchev–Trinajstić information content (AvgIpc) is 2.16. The summed E-state index contributed by atoms with van der Waals surface area (Å²) in [5, 5.41) is 2.78. The molecule has 1 aromatic rings. The maximum atomic E-state index is 11.2. The van der Waals surface area contributed by atoms with Crippen molar-refractivity contribution in [3.63, 3.8) is 0 Å². The zero-order chi connectivity index (χ0) is 10.6. The summed E-state index contributed by atoms with van der Waals surface area (Å²) < 4.78 is 0. The summed E-state index contributed by atoms with van der Waals surface area (Å²) >= 11 is 0. The van der Waals surface area contributed by atoms with Gasteiger partial charge < -0.3 is 11.1 Å². The van der Waals surface area contributed by atoms with E-state index in [0.717, 1.165) is 5.56 Å². The molecule has 1 aromatic carbocycles. The van der Waals surface area contributed by atoms with Crippen LogP contribution in [-0.4, -0.2) is 11.9 Å². The van der Waals surface area contributed by atoms with Gasteiger partial charge in [0.05, 0.1) is 6.04 Å². The van der Waals surface area contributed by atoms with Crippen molar-refractivity contribution < 1.29 is 4.79 Å². The summed E-state index contributed by atoms with van der Waals surface area (Å²) in [6.07, 6.45) is 0. The van der Waals surface area contributed by atoms with Crippen molar-refractivity contribution in [2.75, 3.05) is 0 Å². The van der Waals surface area contributed by atoms with Gasteiger partial charge in [-0.05, 0) is 25.0 Å². The first kappa shape index (κ1) is 10.7. The molecule has 0 aliphatic rings. The Morgan fingerprint density at radius 2 is 2.14 bits per heavy atom. The van der Waals surface area contributed by atoms with Gasteiger partial charge in [0, 0.05) is 6.54 Å². The van der Waals surface area contributed by atoms with E-state index in [2.05, 4.69) is 5.32 Å². The minimum Gasteiger partial charge on any atom is -0.351 e. The van der Waals surface area contributed by atoms with Gasteiger partial charge in [-0.25, -0.2) is 0 Å². The lowest BCUT2D eigenvalue weighted by atomic mass is 10.1. The second-order valence-electron chi connectivity index (χ2n) is 3.43. The maximum Gasteiger partial charge on any atom is 0.236 e. The molecule has 3 N–H and O–H groups in total. The predicted molar refractivity (Wildman–Crippen MR) is 56.7 cm³/mol. The van der Waals surface area contributed by atoms with Crippen LogP contribution in [0.15, 0.2) is 24.3 Å². The molecular weight excluding hydrogens is 176 g/mol. The molecule has 0 spiro atoms. The molecule has 0 saturated carbocycles. The first-order chi connectivity index (χ1) is 6.61. The highest BCUT2D eigenvalue weighted by Gasteiger charge is 2.06. The third-order valence-corrected chi connectivity index (χ3v) is 2.13. The number of carbonyl (C=O) groups is 1. The molecule has 76 valence electrons. The highest BCUT2D eigenvalue weighted by Crippen LogP contribution is 2.05. The molecule has 3 nitrogen and oxygen atoms in total. The number of carbonyl (C=O) groups excluding carboxylic acids is 1. The SMILES string of the molecule is Cc1ccccc1CNC(=O)[C@@H](C)N. The van der Waals surface area contributed by atoms with Crippen LogP contribution in [0, 0.1) is 6.92 Å². The molecule has 0 saturated heterocycles. The summed E-state index contributed by atoms with van der Waals surface area (Å²) in [6.45, 7) is 4.24. The fraction of sp³-hybridized carbons (Fsp3) is 0.364. The van der Waals surface area contributed by atoms with E-state index in [1.807, 2.05) is 31.2 Å². The Balaban J connectivity index is 2.54. The zero-order valence-corrected chi connectivity index (χ0v) is 8.58. The van der Waals surface area contributed by atoms with Gasteiger partial charge >= 0.3 is 0 Å². The van der Waals surface area contributed by atoms with Crippen molar-refractivity contribution in [1.29, 1.82) is 0 Å². The minimum atomic E-state index is -0.445. The van der Waals surface area contributed by atoms with Gasteiger partial charge in [0.1, 0.15) is 0 Å². The van der Waals surface area contributed by atoms with Crippen molar-refractivity contribution in [1.82, 2.24) is 5.32 Å².